The van der Waals surface area contributed by atoms with E-state index in [2.05, 4.69) is 17.1 Å². The fraction of sp³-hybridized carbons (Fsp3) is 0.172. The second-order valence-electron chi connectivity index (χ2n) is 8.92. The summed E-state index contributed by atoms with van der Waals surface area (Å²) in [6.07, 6.45) is 0.761. The summed E-state index contributed by atoms with van der Waals surface area (Å²) in [7, 11) is 1.34. The maximum absolute atomic E-state index is 12.7. The number of imidazole rings is 1. The number of nitrogens with two attached hydrogens (primary N) is 1. The third kappa shape index (κ3) is 4.99. The van der Waals surface area contributed by atoms with Gasteiger partial charge in [-0.15, -0.1) is 0 Å². The predicted octanol–water partition coefficient (Wildman–Crippen LogP) is 4.23. The molecule has 5 aromatic rings. The van der Waals surface area contributed by atoms with Gasteiger partial charge < -0.3 is 15.0 Å². The molecule has 8 heteroatoms. The maximum Gasteiger partial charge on any atom is 0.337 e. The number of carbonyl (C=O) groups excluding carboxylic acids is 1. The number of methoxy groups -OCH3 is 1. The molecule has 0 aliphatic rings. The van der Waals surface area contributed by atoms with Gasteiger partial charge in [0.2, 0.25) is 5.95 Å². The monoisotopic (exact) mass is 493 g/mol. The fourth-order valence-electron chi connectivity index (χ4n) is 4.51. The summed E-state index contributed by atoms with van der Waals surface area (Å²) in [6.45, 7) is 2.82. The normalized spacial score (nSPS) is 11.1. The van der Waals surface area contributed by atoms with Crippen LogP contribution in [0.25, 0.3) is 22.3 Å². The molecule has 0 saturated heterocycles. The summed E-state index contributed by atoms with van der Waals surface area (Å²) >= 11 is 0. The van der Waals surface area contributed by atoms with E-state index < -0.39 is 5.97 Å². The van der Waals surface area contributed by atoms with Crippen molar-refractivity contribution in [2.75, 3.05) is 12.8 Å². The van der Waals surface area contributed by atoms with Crippen LogP contribution in [-0.4, -0.2) is 32.4 Å². The predicted molar refractivity (Wildman–Crippen MR) is 143 cm³/mol. The van der Waals surface area contributed by atoms with Gasteiger partial charge in [0.1, 0.15) is 0 Å². The number of ether oxygens (including phenoxy) is 1. The van der Waals surface area contributed by atoms with Gasteiger partial charge in [-0.05, 0) is 60.4 Å². The van der Waals surface area contributed by atoms with Gasteiger partial charge in [-0.25, -0.2) is 14.5 Å². The van der Waals surface area contributed by atoms with Gasteiger partial charge >= 0.3 is 5.97 Å². The van der Waals surface area contributed by atoms with Crippen molar-refractivity contribution < 1.29 is 9.53 Å². The van der Waals surface area contributed by atoms with E-state index in [4.69, 9.17) is 15.6 Å². The van der Waals surface area contributed by atoms with E-state index in [0.29, 0.717) is 18.1 Å². The molecule has 0 aliphatic carbocycles. The lowest BCUT2D eigenvalue weighted by atomic mass is 10.0. The molecule has 2 aromatic heterocycles. The van der Waals surface area contributed by atoms with E-state index in [1.54, 1.807) is 24.3 Å². The molecule has 0 amide bonds. The number of fused-ring (bicyclic) bond motifs is 1. The third-order valence-corrected chi connectivity index (χ3v) is 6.38. The molecule has 2 heterocycles. The van der Waals surface area contributed by atoms with E-state index in [1.165, 1.54) is 11.8 Å². The molecule has 37 heavy (non-hydrogen) atoms. The Balaban J connectivity index is 1.41. The van der Waals surface area contributed by atoms with Crippen molar-refractivity contribution >= 4 is 23.0 Å². The number of aromatic nitrogens is 4. The van der Waals surface area contributed by atoms with Crippen molar-refractivity contribution in [1.82, 2.24) is 19.3 Å². The number of para-hydroxylation sites is 2. The molecule has 0 unspecified atom stereocenters. The molecule has 2 N–H and O–H groups in total. The Morgan fingerprint density at radius 3 is 2.59 bits per heavy atom. The molecule has 0 saturated carbocycles. The molecule has 0 bridgehead atoms. The van der Waals surface area contributed by atoms with Gasteiger partial charge in [0.05, 0.1) is 35.9 Å². The van der Waals surface area contributed by atoms with Crippen LogP contribution in [-0.2, 0) is 24.2 Å². The zero-order valence-electron chi connectivity index (χ0n) is 20.7. The number of hydrogen-bond acceptors (Lipinski definition) is 6. The van der Waals surface area contributed by atoms with Crippen LogP contribution in [0.2, 0.25) is 0 Å². The minimum absolute atomic E-state index is 0.205. The number of nitrogen functional groups attached to an aromatic ring is 1. The molecular weight excluding hydrogens is 466 g/mol. The molecular formula is C29H27N5O3. The van der Waals surface area contributed by atoms with Crippen LogP contribution in [0.5, 0.6) is 0 Å². The van der Waals surface area contributed by atoms with Gasteiger partial charge in [-0.3, -0.25) is 4.79 Å². The summed E-state index contributed by atoms with van der Waals surface area (Å²) in [5.41, 5.74) is 12.7. The Kier molecular flexibility index (Phi) is 6.55. The number of aryl methyl sites for hydroxylation is 3. The highest BCUT2D eigenvalue weighted by atomic mass is 16.5. The van der Waals surface area contributed by atoms with Crippen LogP contribution in [0.15, 0.2) is 83.7 Å². The van der Waals surface area contributed by atoms with Crippen molar-refractivity contribution in [3.05, 3.63) is 111 Å². The van der Waals surface area contributed by atoms with Crippen LogP contribution >= 0.6 is 0 Å². The SMILES string of the molecule is COC(=O)c1cccc(Cn2nc(-c3cccc(CCn4c(N)nc5ccccc54)c3)c(C)cc2=O)c1. The molecule has 8 nitrogen and oxygen atoms in total. The molecule has 0 atom stereocenters. The number of nitrogens with zero attached hydrogens (tertiary/aromatic N) is 4. The average Bonchev–Trinajstić information content (AvgIpc) is 3.23. The van der Waals surface area contributed by atoms with Gasteiger partial charge in [-0.2, -0.15) is 5.10 Å². The van der Waals surface area contributed by atoms with Crippen molar-refractivity contribution in [2.45, 2.75) is 26.4 Å². The van der Waals surface area contributed by atoms with Crippen LogP contribution < -0.4 is 11.3 Å². The summed E-state index contributed by atoms with van der Waals surface area (Å²) < 4.78 is 8.25. The van der Waals surface area contributed by atoms with Crippen LogP contribution in [0.3, 0.4) is 0 Å². The number of rotatable bonds is 7. The van der Waals surface area contributed by atoms with Crippen molar-refractivity contribution in [2.24, 2.45) is 0 Å². The average molecular weight is 494 g/mol. The zero-order chi connectivity index (χ0) is 25.9. The Morgan fingerprint density at radius 2 is 1.76 bits per heavy atom. The number of hydrogen-bond donors (Lipinski definition) is 1. The Hall–Kier alpha value is -4.72. The van der Waals surface area contributed by atoms with E-state index >= 15 is 0 Å². The van der Waals surface area contributed by atoms with Gasteiger partial charge in [0.15, 0.2) is 0 Å². The lowest BCUT2D eigenvalue weighted by Gasteiger charge is -2.12. The highest BCUT2D eigenvalue weighted by Gasteiger charge is 2.12. The second-order valence-corrected chi connectivity index (χ2v) is 8.92. The molecule has 0 aliphatic heterocycles. The first-order valence-electron chi connectivity index (χ1n) is 12.0. The fourth-order valence-corrected chi connectivity index (χ4v) is 4.51. The molecule has 3 aromatic carbocycles. The second kappa shape index (κ2) is 10.1. The summed E-state index contributed by atoms with van der Waals surface area (Å²) in [5, 5.41) is 4.69. The topological polar surface area (TPSA) is 105 Å². The third-order valence-electron chi connectivity index (χ3n) is 6.38. The van der Waals surface area contributed by atoms with Gasteiger partial charge in [0, 0.05) is 18.2 Å². The van der Waals surface area contributed by atoms with Gasteiger partial charge in [-0.1, -0.05) is 42.5 Å². The maximum atomic E-state index is 12.7. The smallest absolute Gasteiger partial charge is 0.337 e. The Morgan fingerprint density at radius 1 is 0.973 bits per heavy atom. The number of esters is 1. The highest BCUT2D eigenvalue weighted by molar-refractivity contribution is 5.89. The van der Waals surface area contributed by atoms with Crippen LogP contribution in [0.4, 0.5) is 5.95 Å². The van der Waals surface area contributed by atoms with E-state index in [0.717, 1.165) is 45.4 Å². The molecule has 5 rings (SSSR count). The largest absolute Gasteiger partial charge is 0.465 e. The van der Waals surface area contributed by atoms with Gasteiger partial charge in [0.25, 0.3) is 5.56 Å². The quantitative estimate of drug-likeness (QED) is 0.340. The van der Waals surface area contributed by atoms with Crippen molar-refractivity contribution in [1.29, 1.82) is 0 Å². The minimum Gasteiger partial charge on any atom is -0.465 e. The Labute approximate surface area is 214 Å². The Bertz CT molecular complexity index is 1670. The van der Waals surface area contributed by atoms with E-state index in [9.17, 15) is 9.59 Å². The number of carbonyl (C=O) groups is 1. The standard InChI is InChI=1S/C29H27N5O3/c1-19-15-26(35)34(18-21-8-6-10-23(17-21)28(36)37-2)32-27(19)22-9-5-7-20(16-22)13-14-33-25-12-4-3-11-24(25)31-29(33)30/h3-12,15-17H,13-14,18H2,1-2H3,(H2,30,31). The van der Waals surface area contributed by atoms with Crippen LogP contribution in [0, 0.1) is 6.92 Å². The van der Waals surface area contributed by atoms with Crippen molar-refractivity contribution in [3.63, 3.8) is 0 Å². The number of benzene rings is 3. The molecule has 186 valence electrons. The molecule has 0 fully saturated rings. The summed E-state index contributed by atoms with van der Waals surface area (Å²) in [6, 6.07) is 24.7. The summed E-state index contributed by atoms with van der Waals surface area (Å²) in [5.74, 6) is 0.0761. The van der Waals surface area contributed by atoms with E-state index in [-0.39, 0.29) is 12.1 Å². The summed E-state index contributed by atoms with van der Waals surface area (Å²) in [4.78, 5) is 29.1. The van der Waals surface area contributed by atoms with Crippen LogP contribution in [0.1, 0.15) is 27.0 Å². The lowest BCUT2D eigenvalue weighted by Crippen LogP contribution is -2.24. The first-order chi connectivity index (χ1) is 17.9. The number of anilines is 1. The first kappa shape index (κ1) is 24.0. The first-order valence-corrected chi connectivity index (χ1v) is 12.0. The van der Waals surface area contributed by atoms with Crippen molar-refractivity contribution in [3.8, 4) is 11.3 Å². The lowest BCUT2D eigenvalue weighted by molar-refractivity contribution is 0.0600. The highest BCUT2D eigenvalue weighted by Crippen LogP contribution is 2.23. The zero-order valence-corrected chi connectivity index (χ0v) is 20.7. The van der Waals surface area contributed by atoms with E-state index in [1.807, 2.05) is 54.0 Å². The molecule has 0 radical (unpaired) electrons. The molecule has 0 spiro atoms. The minimum atomic E-state index is -0.422.